The molecule has 0 saturated carbocycles. The van der Waals surface area contributed by atoms with Crippen molar-refractivity contribution in [3.05, 3.63) is 36.0 Å². The lowest BCUT2D eigenvalue weighted by Crippen LogP contribution is -2.50. The SMILES string of the molecule is CC(/C=C/C1C[C@H](CO)CC(C)(C)O1)=C\CC1O[C@H](C)[C@H](NC(=O)/C=C\C(C)OC(=O)N2CCOCC2)CC1C. The van der Waals surface area contributed by atoms with E-state index < -0.39 is 12.2 Å². The zero-order valence-electron chi connectivity index (χ0n) is 25.1. The molecule has 0 spiro atoms. The van der Waals surface area contributed by atoms with E-state index in [-0.39, 0.29) is 54.3 Å². The summed E-state index contributed by atoms with van der Waals surface area (Å²) in [6, 6.07) is -0.0918. The number of hydrogen-bond donors (Lipinski definition) is 2. The van der Waals surface area contributed by atoms with E-state index >= 15 is 0 Å². The summed E-state index contributed by atoms with van der Waals surface area (Å²) in [5, 5.41) is 12.7. The Morgan fingerprint density at radius 1 is 1.18 bits per heavy atom. The highest BCUT2D eigenvalue weighted by atomic mass is 16.6. The molecule has 3 saturated heterocycles. The molecule has 0 aromatic heterocycles. The molecule has 3 heterocycles. The summed E-state index contributed by atoms with van der Waals surface area (Å²) in [4.78, 5) is 26.4. The molecule has 3 fully saturated rings. The van der Waals surface area contributed by atoms with E-state index in [4.69, 9.17) is 18.9 Å². The van der Waals surface area contributed by atoms with Crippen molar-refractivity contribution in [2.75, 3.05) is 32.9 Å². The first-order valence-corrected chi connectivity index (χ1v) is 14.8. The van der Waals surface area contributed by atoms with Crippen molar-refractivity contribution in [3.63, 3.8) is 0 Å². The van der Waals surface area contributed by atoms with Crippen LogP contribution in [0.1, 0.15) is 67.2 Å². The van der Waals surface area contributed by atoms with Crippen LogP contribution in [-0.4, -0.2) is 91.0 Å². The van der Waals surface area contributed by atoms with E-state index in [1.54, 1.807) is 17.9 Å². The summed E-state index contributed by atoms with van der Waals surface area (Å²) in [6.45, 7) is 14.4. The third-order valence-electron chi connectivity index (χ3n) is 7.94. The molecule has 7 atom stereocenters. The van der Waals surface area contributed by atoms with Gasteiger partial charge in [-0.15, -0.1) is 0 Å². The number of morpholine rings is 1. The number of hydrogen-bond acceptors (Lipinski definition) is 7. The molecule has 3 rings (SSSR count). The third-order valence-corrected chi connectivity index (χ3v) is 7.94. The lowest BCUT2D eigenvalue weighted by atomic mass is 9.85. The number of aliphatic hydroxyl groups is 1. The highest BCUT2D eigenvalue weighted by molar-refractivity contribution is 5.87. The smallest absolute Gasteiger partial charge is 0.410 e. The summed E-state index contributed by atoms with van der Waals surface area (Å²) in [7, 11) is 0. The number of aliphatic hydroxyl groups excluding tert-OH is 1. The summed E-state index contributed by atoms with van der Waals surface area (Å²) < 4.78 is 23.2. The largest absolute Gasteiger partial charge is 0.442 e. The van der Waals surface area contributed by atoms with Crippen LogP contribution < -0.4 is 5.32 Å². The maximum absolute atomic E-state index is 12.6. The zero-order chi connectivity index (χ0) is 29.3. The Morgan fingerprint density at radius 3 is 2.60 bits per heavy atom. The molecule has 0 aromatic rings. The molecule has 2 amide bonds. The molecule has 0 aromatic carbocycles. The maximum Gasteiger partial charge on any atom is 0.410 e. The molecular weight excluding hydrogens is 512 g/mol. The van der Waals surface area contributed by atoms with Gasteiger partial charge in [0.1, 0.15) is 6.10 Å². The van der Waals surface area contributed by atoms with Gasteiger partial charge in [-0.1, -0.05) is 30.7 Å². The fourth-order valence-electron chi connectivity index (χ4n) is 5.68. The van der Waals surface area contributed by atoms with Gasteiger partial charge in [0.2, 0.25) is 5.91 Å². The number of carbonyl (C=O) groups is 2. The Hall–Kier alpha value is -2.20. The molecule has 2 N–H and O–H groups in total. The summed E-state index contributed by atoms with van der Waals surface area (Å²) in [5.74, 6) is 0.323. The van der Waals surface area contributed by atoms with Gasteiger partial charge >= 0.3 is 6.09 Å². The number of nitrogens with zero attached hydrogens (tertiary/aromatic N) is 1. The van der Waals surface area contributed by atoms with Crippen molar-refractivity contribution in [2.45, 2.75) is 103 Å². The molecule has 3 aliphatic rings. The Balaban J connectivity index is 1.42. The number of ether oxygens (including phenoxy) is 4. The van der Waals surface area contributed by atoms with Crippen LogP contribution in [0.15, 0.2) is 36.0 Å². The first kappa shape index (κ1) is 32.3. The van der Waals surface area contributed by atoms with E-state index in [0.717, 1.165) is 31.3 Å². The lowest BCUT2D eigenvalue weighted by Gasteiger charge is -2.39. The second-order valence-corrected chi connectivity index (χ2v) is 12.2. The predicted octanol–water partition coefficient (Wildman–Crippen LogP) is 4.16. The summed E-state index contributed by atoms with van der Waals surface area (Å²) in [5.41, 5.74) is 0.926. The molecule has 4 unspecified atom stereocenters. The minimum Gasteiger partial charge on any atom is -0.442 e. The lowest BCUT2D eigenvalue weighted by molar-refractivity contribution is -0.123. The fraction of sp³-hybridized carbons (Fsp3) is 0.742. The second kappa shape index (κ2) is 15.1. The maximum atomic E-state index is 12.6. The van der Waals surface area contributed by atoms with Gasteiger partial charge in [0.05, 0.1) is 43.2 Å². The number of rotatable bonds is 9. The van der Waals surface area contributed by atoms with Crippen LogP contribution in [0.25, 0.3) is 0 Å². The van der Waals surface area contributed by atoms with Crippen molar-refractivity contribution in [1.82, 2.24) is 10.2 Å². The Bertz CT molecular complexity index is 925. The van der Waals surface area contributed by atoms with Gasteiger partial charge in [-0.25, -0.2) is 4.79 Å². The van der Waals surface area contributed by atoms with Crippen LogP contribution in [0.3, 0.4) is 0 Å². The van der Waals surface area contributed by atoms with Crippen molar-refractivity contribution >= 4 is 12.0 Å². The average molecular weight is 563 g/mol. The Morgan fingerprint density at radius 2 is 1.90 bits per heavy atom. The highest BCUT2D eigenvalue weighted by Gasteiger charge is 2.34. The average Bonchev–Trinajstić information content (AvgIpc) is 2.91. The van der Waals surface area contributed by atoms with Gasteiger partial charge < -0.3 is 34.3 Å². The van der Waals surface area contributed by atoms with Crippen molar-refractivity contribution in [2.24, 2.45) is 11.8 Å². The Labute approximate surface area is 239 Å². The minimum atomic E-state index is -0.513. The van der Waals surface area contributed by atoms with Crippen molar-refractivity contribution < 1.29 is 33.6 Å². The molecule has 9 nitrogen and oxygen atoms in total. The number of nitrogens with one attached hydrogen (secondary N) is 1. The topological polar surface area (TPSA) is 107 Å². The van der Waals surface area contributed by atoms with E-state index in [2.05, 4.69) is 51.2 Å². The van der Waals surface area contributed by atoms with Crippen LogP contribution >= 0.6 is 0 Å². The molecule has 0 radical (unpaired) electrons. The fourth-order valence-corrected chi connectivity index (χ4v) is 5.68. The standard InChI is InChI=1S/C31H50N2O7/c1-21(7-10-26-18-25(20-34)19-31(5,6)40-26)8-11-28-22(2)17-27(24(4)39-28)32-29(35)12-9-23(3)38-30(36)33-13-15-37-16-14-33/h7-10,12,22-28,34H,11,13-20H2,1-6H3,(H,32,35)/b10-7+,12-9-,21-8+/t22?,23?,24-,25+,26?,27-,28?/m1/s1. The Kier molecular flexibility index (Phi) is 12.2. The number of amides is 2. The zero-order valence-corrected chi connectivity index (χ0v) is 25.1. The van der Waals surface area contributed by atoms with Crippen LogP contribution in [0.2, 0.25) is 0 Å². The van der Waals surface area contributed by atoms with E-state index in [0.29, 0.717) is 26.3 Å². The molecule has 0 aliphatic carbocycles. The van der Waals surface area contributed by atoms with Crippen LogP contribution in [0.5, 0.6) is 0 Å². The third kappa shape index (κ3) is 10.3. The second-order valence-electron chi connectivity index (χ2n) is 12.2. The van der Waals surface area contributed by atoms with Crippen molar-refractivity contribution in [3.8, 4) is 0 Å². The van der Waals surface area contributed by atoms with E-state index in [9.17, 15) is 14.7 Å². The van der Waals surface area contributed by atoms with Gasteiger partial charge in [-0.3, -0.25) is 4.79 Å². The number of carbonyl (C=O) groups excluding carboxylic acids is 2. The van der Waals surface area contributed by atoms with Gasteiger partial charge in [-0.05, 0) is 78.2 Å². The van der Waals surface area contributed by atoms with Gasteiger partial charge in [0.25, 0.3) is 0 Å². The van der Waals surface area contributed by atoms with E-state index in [1.807, 2.05) is 6.92 Å². The predicted molar refractivity (Wildman–Crippen MR) is 154 cm³/mol. The van der Waals surface area contributed by atoms with Crippen LogP contribution in [-0.2, 0) is 23.7 Å². The minimum absolute atomic E-state index is 0.00681. The van der Waals surface area contributed by atoms with Gasteiger partial charge in [0.15, 0.2) is 0 Å². The van der Waals surface area contributed by atoms with Crippen LogP contribution in [0.4, 0.5) is 4.79 Å². The van der Waals surface area contributed by atoms with Gasteiger partial charge in [0, 0.05) is 25.8 Å². The molecular formula is C31H50N2O7. The first-order valence-electron chi connectivity index (χ1n) is 14.8. The molecule has 0 bridgehead atoms. The summed E-state index contributed by atoms with van der Waals surface area (Å²) in [6.07, 6.45) is 11.8. The molecule has 226 valence electrons. The number of allylic oxidation sites excluding steroid dienone is 2. The first-order chi connectivity index (χ1) is 19.0. The normalized spacial score (nSPS) is 32.3. The highest BCUT2D eigenvalue weighted by Crippen LogP contribution is 2.33. The quantitative estimate of drug-likeness (QED) is 0.321. The molecule has 3 aliphatic heterocycles. The monoisotopic (exact) mass is 562 g/mol. The van der Waals surface area contributed by atoms with Crippen LogP contribution in [0, 0.1) is 11.8 Å². The molecule has 40 heavy (non-hydrogen) atoms. The van der Waals surface area contributed by atoms with Gasteiger partial charge in [-0.2, -0.15) is 0 Å². The van der Waals surface area contributed by atoms with E-state index in [1.165, 1.54) is 6.08 Å². The summed E-state index contributed by atoms with van der Waals surface area (Å²) >= 11 is 0. The molecule has 9 heteroatoms. The van der Waals surface area contributed by atoms with Crippen molar-refractivity contribution in [1.29, 1.82) is 0 Å².